The molecule has 0 unspecified atom stereocenters. The van der Waals surface area contributed by atoms with Gasteiger partial charge in [-0.1, -0.05) is 0 Å². The summed E-state index contributed by atoms with van der Waals surface area (Å²) in [5, 5.41) is 10.4. The first-order valence-electron chi connectivity index (χ1n) is 8.67. The molecule has 0 amide bonds. The number of aromatic hydroxyl groups is 1. The van der Waals surface area contributed by atoms with Crippen LogP contribution < -0.4 is 15.1 Å². The average Bonchev–Trinajstić information content (AvgIpc) is 2.69. The van der Waals surface area contributed by atoms with Gasteiger partial charge in [0.1, 0.15) is 17.9 Å². The number of esters is 1. The number of hydrogen-bond donors (Lipinski definition) is 1. The number of rotatable bonds is 6. The molecule has 28 heavy (non-hydrogen) atoms. The summed E-state index contributed by atoms with van der Waals surface area (Å²) in [4.78, 5) is 24.3. The van der Waals surface area contributed by atoms with E-state index in [2.05, 4.69) is 0 Å². The molecule has 1 heterocycles. The number of hydrogen-bond acceptors (Lipinski definition) is 7. The van der Waals surface area contributed by atoms with Gasteiger partial charge in [-0.3, -0.25) is 0 Å². The van der Waals surface area contributed by atoms with E-state index in [-0.39, 0.29) is 17.9 Å². The van der Waals surface area contributed by atoms with Gasteiger partial charge < -0.3 is 23.7 Å². The summed E-state index contributed by atoms with van der Waals surface area (Å²) >= 11 is 0. The zero-order chi connectivity index (χ0) is 20.3. The lowest BCUT2D eigenvalue weighted by molar-refractivity contribution is 0.0473. The molecular weight excluding hydrogens is 364 g/mol. The van der Waals surface area contributed by atoms with Crippen LogP contribution >= 0.6 is 0 Å². The predicted molar refractivity (Wildman–Crippen MR) is 102 cm³/mol. The quantitative estimate of drug-likeness (QED) is 0.513. The molecule has 0 aliphatic carbocycles. The van der Waals surface area contributed by atoms with Crippen LogP contribution in [0.25, 0.3) is 11.0 Å². The Hall–Kier alpha value is -3.48. The first-order valence-corrected chi connectivity index (χ1v) is 8.67. The summed E-state index contributed by atoms with van der Waals surface area (Å²) in [5.41, 5.74) is 0.905. The van der Waals surface area contributed by atoms with Crippen molar-refractivity contribution in [2.24, 2.45) is 0 Å². The Morgan fingerprint density at radius 3 is 2.64 bits per heavy atom. The molecule has 1 aromatic heterocycles. The van der Waals surface area contributed by atoms with Crippen molar-refractivity contribution in [2.45, 2.75) is 20.5 Å². The van der Waals surface area contributed by atoms with Crippen LogP contribution in [0.4, 0.5) is 0 Å². The van der Waals surface area contributed by atoms with Crippen molar-refractivity contribution in [2.75, 3.05) is 13.7 Å². The van der Waals surface area contributed by atoms with E-state index < -0.39 is 11.6 Å². The number of aryl methyl sites for hydroxylation is 1. The highest BCUT2D eigenvalue weighted by Crippen LogP contribution is 2.29. The van der Waals surface area contributed by atoms with E-state index in [0.717, 1.165) is 0 Å². The second-order valence-electron chi connectivity index (χ2n) is 6.05. The van der Waals surface area contributed by atoms with Gasteiger partial charge in [-0.05, 0) is 44.2 Å². The molecule has 0 aliphatic heterocycles. The SMILES string of the molecule is CCOc1cc(C(=O)OCc2cc(=O)oc3c(C)c(O)ccc23)ccc1OC. The lowest BCUT2D eigenvalue weighted by Gasteiger charge is -2.12. The summed E-state index contributed by atoms with van der Waals surface area (Å²) in [7, 11) is 1.52. The number of carbonyl (C=O) groups is 1. The van der Waals surface area contributed by atoms with Crippen molar-refractivity contribution in [3.63, 3.8) is 0 Å². The Morgan fingerprint density at radius 2 is 1.93 bits per heavy atom. The van der Waals surface area contributed by atoms with Crippen LogP contribution in [0.5, 0.6) is 17.2 Å². The molecule has 0 saturated carbocycles. The van der Waals surface area contributed by atoms with Crippen molar-refractivity contribution in [3.8, 4) is 17.2 Å². The Bertz CT molecular complexity index is 1080. The highest BCUT2D eigenvalue weighted by Gasteiger charge is 2.15. The van der Waals surface area contributed by atoms with E-state index in [4.69, 9.17) is 18.6 Å². The average molecular weight is 384 g/mol. The molecule has 0 fully saturated rings. The monoisotopic (exact) mass is 384 g/mol. The number of benzene rings is 2. The molecular formula is C21H20O7. The predicted octanol–water partition coefficient (Wildman–Crippen LogP) is 3.57. The van der Waals surface area contributed by atoms with Gasteiger partial charge in [0, 0.05) is 22.6 Å². The third-order valence-corrected chi connectivity index (χ3v) is 4.28. The van der Waals surface area contributed by atoms with Crippen molar-refractivity contribution in [1.82, 2.24) is 0 Å². The molecule has 7 heteroatoms. The molecule has 0 bridgehead atoms. The van der Waals surface area contributed by atoms with Crippen molar-refractivity contribution in [1.29, 1.82) is 0 Å². The van der Waals surface area contributed by atoms with Crippen LogP contribution in [0.1, 0.15) is 28.4 Å². The fraction of sp³-hybridized carbons (Fsp3) is 0.238. The first-order chi connectivity index (χ1) is 13.4. The summed E-state index contributed by atoms with van der Waals surface area (Å²) < 4.78 is 21.2. The number of ether oxygens (including phenoxy) is 3. The molecule has 0 radical (unpaired) electrons. The van der Waals surface area contributed by atoms with E-state index in [1.165, 1.54) is 19.2 Å². The van der Waals surface area contributed by atoms with Gasteiger partial charge in [-0.2, -0.15) is 0 Å². The van der Waals surface area contributed by atoms with Crippen molar-refractivity contribution < 1.29 is 28.5 Å². The van der Waals surface area contributed by atoms with E-state index in [1.54, 1.807) is 31.2 Å². The van der Waals surface area contributed by atoms with Gasteiger partial charge in [-0.25, -0.2) is 9.59 Å². The largest absolute Gasteiger partial charge is 0.508 e. The maximum absolute atomic E-state index is 12.5. The van der Waals surface area contributed by atoms with Crippen LogP contribution in [-0.4, -0.2) is 24.8 Å². The lowest BCUT2D eigenvalue weighted by atomic mass is 10.1. The number of carbonyl (C=O) groups excluding carboxylic acids is 1. The molecule has 0 aliphatic rings. The second kappa shape index (κ2) is 8.04. The third-order valence-electron chi connectivity index (χ3n) is 4.28. The van der Waals surface area contributed by atoms with Crippen LogP contribution in [0.2, 0.25) is 0 Å². The topological polar surface area (TPSA) is 95.2 Å². The van der Waals surface area contributed by atoms with Crippen LogP contribution in [0.3, 0.4) is 0 Å². The number of phenols is 1. The van der Waals surface area contributed by atoms with Crippen LogP contribution in [0.15, 0.2) is 45.6 Å². The van der Waals surface area contributed by atoms with Gasteiger partial charge in [0.2, 0.25) is 0 Å². The molecule has 3 aromatic rings. The Kier molecular flexibility index (Phi) is 5.54. The Morgan fingerprint density at radius 1 is 1.14 bits per heavy atom. The summed E-state index contributed by atoms with van der Waals surface area (Å²) in [6, 6.07) is 9.13. The molecule has 146 valence electrons. The molecule has 0 spiro atoms. The maximum atomic E-state index is 12.5. The van der Waals surface area contributed by atoms with Gasteiger partial charge >= 0.3 is 11.6 Å². The summed E-state index contributed by atoms with van der Waals surface area (Å²) in [5.74, 6) is 0.406. The molecule has 0 saturated heterocycles. The fourth-order valence-corrected chi connectivity index (χ4v) is 2.83. The van der Waals surface area contributed by atoms with Crippen LogP contribution in [0, 0.1) is 6.92 Å². The van der Waals surface area contributed by atoms with Crippen molar-refractivity contribution >= 4 is 16.9 Å². The highest BCUT2D eigenvalue weighted by atomic mass is 16.5. The molecule has 1 N–H and O–H groups in total. The summed E-state index contributed by atoms with van der Waals surface area (Å²) in [6.07, 6.45) is 0. The molecule has 0 atom stereocenters. The first kappa shape index (κ1) is 19.3. The van der Waals surface area contributed by atoms with E-state index in [0.29, 0.717) is 40.2 Å². The minimum Gasteiger partial charge on any atom is -0.508 e. The van der Waals surface area contributed by atoms with Crippen molar-refractivity contribution in [3.05, 3.63) is 63.5 Å². The number of fused-ring (bicyclic) bond motifs is 1. The minimum atomic E-state index is -0.588. The zero-order valence-electron chi connectivity index (χ0n) is 15.8. The third kappa shape index (κ3) is 3.78. The smallest absolute Gasteiger partial charge is 0.338 e. The minimum absolute atomic E-state index is 0.0199. The van der Waals surface area contributed by atoms with E-state index in [9.17, 15) is 14.7 Å². The molecule has 7 nitrogen and oxygen atoms in total. The standard InChI is InChI=1S/C21H20O7/c1-4-26-18-9-13(5-8-17(18)25-3)21(24)27-11-14-10-19(23)28-20-12(2)16(22)7-6-15(14)20/h5-10,22H,4,11H2,1-3H3. The van der Waals surface area contributed by atoms with Crippen LogP contribution in [-0.2, 0) is 11.3 Å². The summed E-state index contributed by atoms with van der Waals surface area (Å²) in [6.45, 7) is 3.77. The van der Waals surface area contributed by atoms with E-state index in [1.807, 2.05) is 6.92 Å². The normalized spacial score (nSPS) is 10.7. The fourth-order valence-electron chi connectivity index (χ4n) is 2.83. The number of methoxy groups -OCH3 is 1. The van der Waals surface area contributed by atoms with Gasteiger partial charge in [0.15, 0.2) is 11.5 Å². The highest BCUT2D eigenvalue weighted by molar-refractivity contribution is 5.90. The van der Waals surface area contributed by atoms with Gasteiger partial charge in [-0.15, -0.1) is 0 Å². The van der Waals surface area contributed by atoms with Gasteiger partial charge in [0.05, 0.1) is 19.3 Å². The second-order valence-corrected chi connectivity index (χ2v) is 6.05. The van der Waals surface area contributed by atoms with E-state index >= 15 is 0 Å². The zero-order valence-corrected chi connectivity index (χ0v) is 15.8. The van der Waals surface area contributed by atoms with Gasteiger partial charge in [0.25, 0.3) is 0 Å². The number of phenolic OH excluding ortho intramolecular Hbond substituents is 1. The maximum Gasteiger partial charge on any atom is 0.338 e. The lowest BCUT2D eigenvalue weighted by Crippen LogP contribution is -2.09. The molecule has 2 aromatic carbocycles. The Balaban J connectivity index is 1.86. The Labute approximate surface area is 161 Å². The molecule has 3 rings (SSSR count).